The van der Waals surface area contributed by atoms with Gasteiger partial charge in [0.15, 0.2) is 0 Å². The highest BCUT2D eigenvalue weighted by atomic mass is 19.3. The molecule has 0 fully saturated rings. The molecule has 21 heavy (non-hydrogen) atoms. The van der Waals surface area contributed by atoms with Gasteiger partial charge in [-0.15, -0.1) is 0 Å². The number of nitrogens with one attached hydrogen (secondary N) is 1. The molecule has 1 unspecified atom stereocenters. The SMILES string of the molecule is CC(C)C(Nc1ccc(OC(F)F)cc1)c1ccccc1. The predicted octanol–water partition coefficient (Wildman–Crippen LogP) is 5.10. The molecule has 0 aliphatic carbocycles. The lowest BCUT2D eigenvalue weighted by atomic mass is 9.96. The number of halogens is 2. The smallest absolute Gasteiger partial charge is 0.387 e. The lowest BCUT2D eigenvalue weighted by Crippen LogP contribution is -2.16. The molecule has 0 spiro atoms. The minimum Gasteiger partial charge on any atom is -0.435 e. The van der Waals surface area contributed by atoms with Gasteiger partial charge in [0.25, 0.3) is 0 Å². The molecule has 2 aromatic rings. The van der Waals surface area contributed by atoms with Gasteiger partial charge < -0.3 is 10.1 Å². The number of hydrogen-bond donors (Lipinski definition) is 1. The van der Waals surface area contributed by atoms with Crippen molar-refractivity contribution >= 4 is 5.69 Å². The van der Waals surface area contributed by atoms with Gasteiger partial charge in [-0.2, -0.15) is 8.78 Å². The molecule has 1 N–H and O–H groups in total. The van der Waals surface area contributed by atoms with E-state index in [2.05, 4.69) is 36.0 Å². The van der Waals surface area contributed by atoms with Gasteiger partial charge in [0.1, 0.15) is 5.75 Å². The van der Waals surface area contributed by atoms with Crippen LogP contribution in [0.2, 0.25) is 0 Å². The van der Waals surface area contributed by atoms with Gasteiger partial charge in [-0.05, 0) is 35.7 Å². The maximum atomic E-state index is 12.1. The lowest BCUT2D eigenvalue weighted by molar-refractivity contribution is -0.0498. The Morgan fingerprint density at radius 2 is 1.52 bits per heavy atom. The van der Waals surface area contributed by atoms with Crippen molar-refractivity contribution in [3.05, 3.63) is 60.2 Å². The molecule has 0 aliphatic heterocycles. The highest BCUT2D eigenvalue weighted by molar-refractivity contribution is 5.48. The summed E-state index contributed by atoms with van der Waals surface area (Å²) in [5, 5.41) is 3.43. The zero-order chi connectivity index (χ0) is 15.2. The Hall–Kier alpha value is -2.10. The van der Waals surface area contributed by atoms with Crippen molar-refractivity contribution in [3.63, 3.8) is 0 Å². The summed E-state index contributed by atoms with van der Waals surface area (Å²) in [4.78, 5) is 0. The van der Waals surface area contributed by atoms with Crippen molar-refractivity contribution in [2.75, 3.05) is 5.32 Å². The highest BCUT2D eigenvalue weighted by Crippen LogP contribution is 2.27. The van der Waals surface area contributed by atoms with E-state index in [1.807, 2.05) is 18.2 Å². The van der Waals surface area contributed by atoms with Crippen molar-refractivity contribution < 1.29 is 13.5 Å². The quantitative estimate of drug-likeness (QED) is 0.799. The summed E-state index contributed by atoms with van der Waals surface area (Å²) in [6, 6.07) is 16.9. The third-order valence-corrected chi connectivity index (χ3v) is 3.23. The normalized spacial score (nSPS) is 12.5. The van der Waals surface area contributed by atoms with Crippen LogP contribution in [0.1, 0.15) is 25.5 Å². The van der Waals surface area contributed by atoms with Gasteiger partial charge in [0.05, 0.1) is 6.04 Å². The summed E-state index contributed by atoms with van der Waals surface area (Å²) in [5.41, 5.74) is 2.07. The molecule has 0 bridgehead atoms. The van der Waals surface area contributed by atoms with Crippen LogP contribution in [0.15, 0.2) is 54.6 Å². The van der Waals surface area contributed by atoms with E-state index in [1.165, 1.54) is 17.7 Å². The number of ether oxygens (including phenoxy) is 1. The fraction of sp³-hybridized carbons (Fsp3) is 0.294. The van der Waals surface area contributed by atoms with Crippen LogP contribution in [-0.2, 0) is 0 Å². The van der Waals surface area contributed by atoms with Crippen LogP contribution in [0.5, 0.6) is 5.75 Å². The first-order chi connectivity index (χ1) is 10.1. The zero-order valence-electron chi connectivity index (χ0n) is 12.1. The van der Waals surface area contributed by atoms with Crippen LogP contribution >= 0.6 is 0 Å². The summed E-state index contributed by atoms with van der Waals surface area (Å²) in [6.45, 7) is 1.48. The molecule has 2 rings (SSSR count). The molecular weight excluding hydrogens is 272 g/mol. The molecule has 112 valence electrons. The van der Waals surface area contributed by atoms with E-state index in [-0.39, 0.29) is 11.8 Å². The Morgan fingerprint density at radius 3 is 2.05 bits per heavy atom. The van der Waals surface area contributed by atoms with Crippen molar-refractivity contribution in [2.24, 2.45) is 5.92 Å². The van der Waals surface area contributed by atoms with Crippen molar-refractivity contribution in [2.45, 2.75) is 26.5 Å². The topological polar surface area (TPSA) is 21.3 Å². The average molecular weight is 291 g/mol. The summed E-state index contributed by atoms with van der Waals surface area (Å²) >= 11 is 0. The van der Waals surface area contributed by atoms with Crippen LogP contribution in [0, 0.1) is 5.92 Å². The van der Waals surface area contributed by atoms with Crippen LogP contribution < -0.4 is 10.1 Å². The Kier molecular flexibility index (Phi) is 5.14. The molecule has 1 atom stereocenters. The van der Waals surface area contributed by atoms with E-state index >= 15 is 0 Å². The number of hydrogen-bond acceptors (Lipinski definition) is 2. The minimum absolute atomic E-state index is 0.160. The largest absolute Gasteiger partial charge is 0.435 e. The van der Waals surface area contributed by atoms with Gasteiger partial charge in [-0.1, -0.05) is 44.2 Å². The van der Waals surface area contributed by atoms with Gasteiger partial charge in [-0.3, -0.25) is 0 Å². The first-order valence-electron chi connectivity index (χ1n) is 6.92. The molecule has 0 heterocycles. The molecule has 4 heteroatoms. The van der Waals surface area contributed by atoms with Crippen LogP contribution in [0.4, 0.5) is 14.5 Å². The number of rotatable bonds is 6. The van der Waals surface area contributed by atoms with E-state index in [0.29, 0.717) is 5.92 Å². The minimum atomic E-state index is -2.79. The third kappa shape index (κ3) is 4.45. The summed E-state index contributed by atoms with van der Waals surface area (Å²) in [6.07, 6.45) is 0. The molecule has 0 aromatic heterocycles. The molecular formula is C17H19F2NO. The van der Waals surface area contributed by atoms with E-state index in [9.17, 15) is 8.78 Å². The molecule has 0 radical (unpaired) electrons. The second kappa shape index (κ2) is 7.07. The molecule has 2 nitrogen and oxygen atoms in total. The second-order valence-electron chi connectivity index (χ2n) is 5.18. The number of benzene rings is 2. The van der Waals surface area contributed by atoms with Gasteiger partial charge in [0, 0.05) is 5.69 Å². The van der Waals surface area contributed by atoms with Crippen molar-refractivity contribution in [1.82, 2.24) is 0 Å². The summed E-state index contributed by atoms with van der Waals surface area (Å²) < 4.78 is 28.6. The zero-order valence-corrected chi connectivity index (χ0v) is 12.1. The van der Waals surface area contributed by atoms with E-state index in [0.717, 1.165) is 5.69 Å². The average Bonchev–Trinajstić information content (AvgIpc) is 2.46. The summed E-state index contributed by atoms with van der Waals surface area (Å²) in [7, 11) is 0. The number of anilines is 1. The van der Waals surface area contributed by atoms with Gasteiger partial charge in [0.2, 0.25) is 0 Å². The van der Waals surface area contributed by atoms with Crippen LogP contribution in [0.3, 0.4) is 0 Å². The van der Waals surface area contributed by atoms with E-state index in [1.54, 1.807) is 12.1 Å². The van der Waals surface area contributed by atoms with Crippen LogP contribution in [-0.4, -0.2) is 6.61 Å². The lowest BCUT2D eigenvalue weighted by Gasteiger charge is -2.24. The van der Waals surface area contributed by atoms with Crippen molar-refractivity contribution in [3.8, 4) is 5.75 Å². The Labute approximate surface area is 123 Å². The first-order valence-corrected chi connectivity index (χ1v) is 6.92. The standard InChI is InChI=1S/C17H19F2NO/c1-12(2)16(13-6-4-3-5-7-13)20-14-8-10-15(11-9-14)21-17(18)19/h3-12,16-17,20H,1-2H3. The maximum absolute atomic E-state index is 12.1. The number of alkyl halides is 2. The van der Waals surface area contributed by atoms with Gasteiger partial charge in [-0.25, -0.2) is 0 Å². The second-order valence-corrected chi connectivity index (χ2v) is 5.18. The van der Waals surface area contributed by atoms with Crippen molar-refractivity contribution in [1.29, 1.82) is 0 Å². The molecule has 0 saturated carbocycles. The maximum Gasteiger partial charge on any atom is 0.387 e. The Balaban J connectivity index is 2.11. The summed E-state index contributed by atoms with van der Waals surface area (Å²) in [5.74, 6) is 0.556. The van der Waals surface area contributed by atoms with Gasteiger partial charge >= 0.3 is 6.61 Å². The Bertz CT molecular complexity index is 540. The predicted molar refractivity (Wildman–Crippen MR) is 80.7 cm³/mol. The van der Waals surface area contributed by atoms with E-state index in [4.69, 9.17) is 0 Å². The molecule has 0 aliphatic rings. The fourth-order valence-electron chi connectivity index (χ4n) is 2.21. The third-order valence-electron chi connectivity index (χ3n) is 3.23. The molecule has 0 amide bonds. The van der Waals surface area contributed by atoms with Crippen LogP contribution in [0.25, 0.3) is 0 Å². The highest BCUT2D eigenvalue weighted by Gasteiger charge is 2.15. The Morgan fingerprint density at radius 1 is 0.905 bits per heavy atom. The first kappa shape index (κ1) is 15.3. The molecule has 0 saturated heterocycles. The monoisotopic (exact) mass is 291 g/mol. The molecule has 2 aromatic carbocycles. The fourth-order valence-corrected chi connectivity index (χ4v) is 2.21. The van der Waals surface area contributed by atoms with E-state index < -0.39 is 6.61 Å².